The van der Waals surface area contributed by atoms with Crippen LogP contribution in [0.25, 0.3) is 0 Å². The monoisotopic (exact) mass is 306 g/mol. The van der Waals surface area contributed by atoms with Crippen LogP contribution in [-0.4, -0.2) is 18.5 Å². The molecule has 3 nitrogen and oxygen atoms in total. The normalized spacial score (nSPS) is 15.3. The van der Waals surface area contributed by atoms with Gasteiger partial charge in [0.1, 0.15) is 0 Å². The number of anilines is 1. The number of hydrogen-bond donors (Lipinski definition) is 2. The van der Waals surface area contributed by atoms with Gasteiger partial charge in [0, 0.05) is 23.2 Å². The van der Waals surface area contributed by atoms with E-state index in [2.05, 4.69) is 5.32 Å². The molecular formula is C20H22N2O. The maximum Gasteiger partial charge on any atom is 0.169 e. The van der Waals surface area contributed by atoms with Gasteiger partial charge in [0.25, 0.3) is 0 Å². The van der Waals surface area contributed by atoms with E-state index >= 15 is 0 Å². The standard InChI is InChI=1S/C20H22N2O/c1-20(10-11-21,14-15-5-3-2-4-6-15)19(23)17-7-8-18-16(13-17)9-12-22-18/h2-8,11,13,21-22H,9-10,12,14H2,1H3. The second-order valence-corrected chi connectivity index (χ2v) is 6.51. The van der Waals surface area contributed by atoms with Crippen LogP contribution in [0.1, 0.15) is 34.8 Å². The fourth-order valence-corrected chi connectivity index (χ4v) is 3.31. The predicted octanol–water partition coefficient (Wildman–Crippen LogP) is 4.13. The van der Waals surface area contributed by atoms with Gasteiger partial charge in [-0.15, -0.1) is 0 Å². The largest absolute Gasteiger partial charge is 0.384 e. The molecule has 0 aromatic heterocycles. The molecule has 1 heterocycles. The molecule has 1 unspecified atom stereocenters. The molecular weight excluding hydrogens is 284 g/mol. The summed E-state index contributed by atoms with van der Waals surface area (Å²) in [6.07, 6.45) is 3.43. The lowest BCUT2D eigenvalue weighted by molar-refractivity contribution is 0.0824. The minimum atomic E-state index is -0.580. The Hall–Kier alpha value is -2.42. The Morgan fingerprint density at radius 3 is 2.78 bits per heavy atom. The average Bonchev–Trinajstić information content (AvgIpc) is 3.02. The van der Waals surface area contributed by atoms with Crippen LogP contribution in [0.15, 0.2) is 48.5 Å². The van der Waals surface area contributed by atoms with E-state index in [1.807, 2.05) is 55.5 Å². The van der Waals surface area contributed by atoms with E-state index in [1.165, 1.54) is 11.8 Å². The third kappa shape index (κ3) is 3.19. The predicted molar refractivity (Wildman–Crippen MR) is 94.6 cm³/mol. The van der Waals surface area contributed by atoms with Gasteiger partial charge in [-0.25, -0.2) is 0 Å². The quantitative estimate of drug-likeness (QED) is 0.623. The van der Waals surface area contributed by atoms with Crippen molar-refractivity contribution in [2.75, 3.05) is 11.9 Å². The molecule has 1 aliphatic heterocycles. The molecule has 23 heavy (non-hydrogen) atoms. The van der Waals surface area contributed by atoms with Crippen molar-refractivity contribution in [3.8, 4) is 0 Å². The number of hydrogen-bond acceptors (Lipinski definition) is 3. The van der Waals surface area contributed by atoms with Crippen LogP contribution in [0, 0.1) is 10.8 Å². The summed E-state index contributed by atoms with van der Waals surface area (Å²) in [6, 6.07) is 16.0. The lowest BCUT2D eigenvalue weighted by atomic mass is 9.75. The molecule has 118 valence electrons. The average molecular weight is 306 g/mol. The van der Waals surface area contributed by atoms with Crippen LogP contribution < -0.4 is 5.32 Å². The molecule has 0 radical (unpaired) electrons. The summed E-state index contributed by atoms with van der Waals surface area (Å²) in [6.45, 7) is 2.91. The van der Waals surface area contributed by atoms with E-state index in [1.54, 1.807) is 0 Å². The number of fused-ring (bicyclic) bond motifs is 1. The highest BCUT2D eigenvalue weighted by molar-refractivity contribution is 6.02. The molecule has 3 rings (SSSR count). The molecule has 2 N–H and O–H groups in total. The second-order valence-electron chi connectivity index (χ2n) is 6.51. The van der Waals surface area contributed by atoms with Crippen LogP contribution >= 0.6 is 0 Å². The van der Waals surface area contributed by atoms with Crippen molar-refractivity contribution in [1.82, 2.24) is 0 Å². The fraction of sp³-hybridized carbons (Fsp3) is 0.300. The number of ketones is 1. The van der Waals surface area contributed by atoms with Crippen LogP contribution in [0.3, 0.4) is 0 Å². The van der Waals surface area contributed by atoms with Crippen molar-refractivity contribution in [3.05, 3.63) is 65.2 Å². The first-order valence-corrected chi connectivity index (χ1v) is 8.07. The first-order chi connectivity index (χ1) is 11.1. The van der Waals surface area contributed by atoms with E-state index in [0.29, 0.717) is 12.8 Å². The first kappa shape index (κ1) is 15.5. The lowest BCUT2D eigenvalue weighted by Crippen LogP contribution is -2.31. The molecule has 2 aromatic carbocycles. The number of nitrogens with one attached hydrogen (secondary N) is 2. The second kappa shape index (κ2) is 6.37. The summed E-state index contributed by atoms with van der Waals surface area (Å²) >= 11 is 0. The third-order valence-electron chi connectivity index (χ3n) is 4.62. The number of carbonyl (C=O) groups excluding carboxylic acids is 1. The molecule has 0 spiro atoms. The molecule has 0 fully saturated rings. The molecule has 1 atom stereocenters. The van der Waals surface area contributed by atoms with Crippen molar-refractivity contribution in [3.63, 3.8) is 0 Å². The number of rotatable bonds is 6. The molecule has 2 aromatic rings. The Bertz CT molecular complexity index is 724. The Labute approximate surface area is 137 Å². The Morgan fingerprint density at radius 2 is 2.04 bits per heavy atom. The van der Waals surface area contributed by atoms with Gasteiger partial charge in [-0.3, -0.25) is 4.79 Å². The van der Waals surface area contributed by atoms with Gasteiger partial charge in [0.15, 0.2) is 5.78 Å². The number of Topliss-reactive ketones (excluding diaryl/α,β-unsaturated/α-hetero) is 1. The minimum absolute atomic E-state index is 0.125. The lowest BCUT2D eigenvalue weighted by Gasteiger charge is -2.27. The van der Waals surface area contributed by atoms with Crippen LogP contribution in [0.2, 0.25) is 0 Å². The fourth-order valence-electron chi connectivity index (χ4n) is 3.31. The van der Waals surface area contributed by atoms with Crippen molar-refractivity contribution in [2.45, 2.75) is 26.2 Å². The molecule has 0 aliphatic carbocycles. The van der Waals surface area contributed by atoms with E-state index in [4.69, 9.17) is 5.41 Å². The summed E-state index contributed by atoms with van der Waals surface area (Å²) in [7, 11) is 0. The highest BCUT2D eigenvalue weighted by Gasteiger charge is 2.33. The topological polar surface area (TPSA) is 53.0 Å². The van der Waals surface area contributed by atoms with Gasteiger partial charge < -0.3 is 10.7 Å². The zero-order chi connectivity index (χ0) is 16.3. The highest BCUT2D eigenvalue weighted by atomic mass is 16.1. The maximum absolute atomic E-state index is 13.1. The minimum Gasteiger partial charge on any atom is -0.384 e. The Morgan fingerprint density at radius 1 is 1.26 bits per heavy atom. The maximum atomic E-state index is 13.1. The summed E-state index contributed by atoms with van der Waals surface area (Å²) in [5.41, 5.74) is 3.66. The summed E-state index contributed by atoms with van der Waals surface area (Å²) < 4.78 is 0. The smallest absolute Gasteiger partial charge is 0.169 e. The zero-order valence-electron chi connectivity index (χ0n) is 13.4. The number of carbonyl (C=O) groups is 1. The van der Waals surface area contributed by atoms with Gasteiger partial charge in [-0.2, -0.15) is 0 Å². The molecule has 3 heteroatoms. The van der Waals surface area contributed by atoms with Gasteiger partial charge in [0.2, 0.25) is 0 Å². The Kier molecular flexibility index (Phi) is 4.28. The van der Waals surface area contributed by atoms with Crippen molar-refractivity contribution >= 4 is 17.7 Å². The molecule has 0 bridgehead atoms. The van der Waals surface area contributed by atoms with Crippen molar-refractivity contribution < 1.29 is 4.79 Å². The molecule has 1 aliphatic rings. The van der Waals surface area contributed by atoms with Crippen LogP contribution in [0.5, 0.6) is 0 Å². The van der Waals surface area contributed by atoms with Gasteiger partial charge in [-0.05, 0) is 54.8 Å². The molecule has 0 saturated carbocycles. The first-order valence-electron chi connectivity index (χ1n) is 8.07. The van der Waals surface area contributed by atoms with E-state index in [-0.39, 0.29) is 5.78 Å². The highest BCUT2D eigenvalue weighted by Crippen LogP contribution is 2.32. The summed E-state index contributed by atoms with van der Waals surface area (Å²) in [5.74, 6) is 0.125. The van der Waals surface area contributed by atoms with Gasteiger partial charge >= 0.3 is 0 Å². The number of benzene rings is 2. The van der Waals surface area contributed by atoms with E-state index < -0.39 is 5.41 Å². The van der Waals surface area contributed by atoms with Crippen molar-refractivity contribution in [1.29, 1.82) is 5.41 Å². The Balaban J connectivity index is 1.90. The van der Waals surface area contributed by atoms with E-state index in [9.17, 15) is 4.79 Å². The van der Waals surface area contributed by atoms with Gasteiger partial charge in [-0.1, -0.05) is 37.3 Å². The summed E-state index contributed by atoms with van der Waals surface area (Å²) in [4.78, 5) is 13.1. The van der Waals surface area contributed by atoms with Crippen LogP contribution in [0.4, 0.5) is 5.69 Å². The molecule has 0 amide bonds. The van der Waals surface area contributed by atoms with Crippen LogP contribution in [-0.2, 0) is 12.8 Å². The van der Waals surface area contributed by atoms with Gasteiger partial charge in [0.05, 0.1) is 0 Å². The SMILES string of the molecule is CC(CC=N)(Cc1ccccc1)C(=O)c1ccc2c(c1)CCN2. The molecule has 0 saturated heterocycles. The van der Waals surface area contributed by atoms with Crippen molar-refractivity contribution in [2.24, 2.45) is 5.41 Å². The third-order valence-corrected chi connectivity index (χ3v) is 4.62. The van der Waals surface area contributed by atoms with E-state index in [0.717, 1.165) is 29.8 Å². The summed E-state index contributed by atoms with van der Waals surface area (Å²) in [5, 5.41) is 10.8. The zero-order valence-corrected chi connectivity index (χ0v) is 13.4.